The zero-order valence-electron chi connectivity index (χ0n) is 14.3. The highest BCUT2D eigenvalue weighted by atomic mass is 19.4. The van der Waals surface area contributed by atoms with Crippen molar-refractivity contribution in [1.82, 2.24) is 9.78 Å². The van der Waals surface area contributed by atoms with Crippen LogP contribution in [-0.2, 0) is 4.74 Å². The van der Waals surface area contributed by atoms with E-state index in [9.17, 15) is 18.0 Å². The minimum atomic E-state index is -4.81. The number of carbonyl (C=O) groups excluding carboxylic acids is 1. The average molecular weight is 368 g/mol. The molecule has 0 N–H and O–H groups in total. The average Bonchev–Trinajstić information content (AvgIpc) is 3.23. The van der Waals surface area contributed by atoms with Gasteiger partial charge in [-0.05, 0) is 38.0 Å². The highest BCUT2D eigenvalue weighted by Gasteiger charge is 2.33. The van der Waals surface area contributed by atoms with Crippen LogP contribution in [0.2, 0.25) is 0 Å². The van der Waals surface area contributed by atoms with E-state index >= 15 is 0 Å². The fraction of sp³-hybridized carbons (Fsp3) is 0.444. The molecule has 0 saturated heterocycles. The molecule has 0 bridgehead atoms. The molecular weight excluding hydrogens is 349 g/mol. The van der Waals surface area contributed by atoms with Gasteiger partial charge in [0.2, 0.25) is 0 Å². The molecule has 1 fully saturated rings. The van der Waals surface area contributed by atoms with Crippen LogP contribution in [0, 0.1) is 0 Å². The molecule has 8 heteroatoms. The fourth-order valence-electron chi connectivity index (χ4n) is 3.22. The topological polar surface area (TPSA) is 53.4 Å². The monoisotopic (exact) mass is 368 g/mol. The highest BCUT2D eigenvalue weighted by molar-refractivity contribution is 5.89. The van der Waals surface area contributed by atoms with Crippen LogP contribution in [0.5, 0.6) is 5.75 Å². The van der Waals surface area contributed by atoms with Crippen LogP contribution in [0.3, 0.4) is 0 Å². The van der Waals surface area contributed by atoms with Crippen LogP contribution in [0.4, 0.5) is 13.2 Å². The summed E-state index contributed by atoms with van der Waals surface area (Å²) in [6.45, 7) is 1.87. The largest absolute Gasteiger partial charge is 0.573 e. The van der Waals surface area contributed by atoms with E-state index in [1.165, 1.54) is 24.3 Å². The zero-order chi connectivity index (χ0) is 18.7. The predicted octanol–water partition coefficient (Wildman–Crippen LogP) is 4.74. The van der Waals surface area contributed by atoms with E-state index in [2.05, 4.69) is 9.84 Å². The lowest BCUT2D eigenvalue weighted by molar-refractivity contribution is -0.274. The van der Waals surface area contributed by atoms with Crippen molar-refractivity contribution < 1.29 is 27.4 Å². The van der Waals surface area contributed by atoms with E-state index in [-0.39, 0.29) is 29.7 Å². The Morgan fingerprint density at radius 3 is 2.62 bits per heavy atom. The Morgan fingerprint density at radius 2 is 1.96 bits per heavy atom. The lowest BCUT2D eigenvalue weighted by atomic mass is 10.1. The first-order valence-corrected chi connectivity index (χ1v) is 8.51. The second-order valence-corrected chi connectivity index (χ2v) is 6.06. The Bertz CT molecular complexity index is 780. The predicted molar refractivity (Wildman–Crippen MR) is 87.8 cm³/mol. The van der Waals surface area contributed by atoms with Crippen LogP contribution >= 0.6 is 0 Å². The van der Waals surface area contributed by atoms with Gasteiger partial charge in [-0.15, -0.1) is 13.2 Å². The van der Waals surface area contributed by atoms with Crippen molar-refractivity contribution in [1.29, 1.82) is 0 Å². The van der Waals surface area contributed by atoms with Crippen molar-refractivity contribution in [2.75, 3.05) is 6.61 Å². The molecule has 5 nitrogen and oxygen atoms in total. The highest BCUT2D eigenvalue weighted by Crippen LogP contribution is 2.38. The number of alkyl halides is 3. The maximum atomic E-state index is 12.8. The summed E-state index contributed by atoms with van der Waals surface area (Å²) in [5, 5.41) is 4.33. The molecule has 1 aromatic carbocycles. The number of para-hydroxylation sites is 1. The summed E-state index contributed by atoms with van der Waals surface area (Å²) in [7, 11) is 0. The fourth-order valence-corrected chi connectivity index (χ4v) is 3.22. The van der Waals surface area contributed by atoms with Crippen LogP contribution < -0.4 is 4.74 Å². The van der Waals surface area contributed by atoms with E-state index in [0.717, 1.165) is 25.7 Å². The number of hydrogen-bond acceptors (Lipinski definition) is 4. The molecule has 0 amide bonds. The zero-order valence-corrected chi connectivity index (χ0v) is 14.3. The standard InChI is InChI=1S/C18H19F3N2O3/c1-2-25-17(24)14-11-15(23(22-14)12-7-3-4-8-12)13-9-5-6-10-16(13)26-18(19,20)21/h5-6,9-12H,2-4,7-8H2,1H3. The van der Waals surface area contributed by atoms with Crippen LogP contribution in [-0.4, -0.2) is 28.7 Å². The van der Waals surface area contributed by atoms with Gasteiger partial charge in [-0.3, -0.25) is 4.68 Å². The van der Waals surface area contributed by atoms with Gasteiger partial charge in [-0.25, -0.2) is 4.79 Å². The minimum absolute atomic E-state index is 0.0344. The Hall–Kier alpha value is -2.51. The van der Waals surface area contributed by atoms with Gasteiger partial charge in [0, 0.05) is 5.56 Å². The third-order valence-electron chi connectivity index (χ3n) is 4.28. The van der Waals surface area contributed by atoms with E-state index < -0.39 is 12.3 Å². The van der Waals surface area contributed by atoms with Crippen molar-refractivity contribution in [3.63, 3.8) is 0 Å². The first kappa shape index (κ1) is 18.3. The second-order valence-electron chi connectivity index (χ2n) is 6.06. The molecule has 1 saturated carbocycles. The summed E-state index contributed by atoms with van der Waals surface area (Å²) in [5.74, 6) is -0.922. The lowest BCUT2D eigenvalue weighted by Gasteiger charge is -2.17. The third kappa shape index (κ3) is 4.00. The van der Waals surface area contributed by atoms with Crippen LogP contribution in [0.15, 0.2) is 30.3 Å². The van der Waals surface area contributed by atoms with Crippen molar-refractivity contribution in [2.45, 2.75) is 45.0 Å². The van der Waals surface area contributed by atoms with Crippen molar-refractivity contribution in [2.24, 2.45) is 0 Å². The van der Waals surface area contributed by atoms with Gasteiger partial charge in [0.05, 0.1) is 18.3 Å². The van der Waals surface area contributed by atoms with E-state index in [0.29, 0.717) is 5.69 Å². The van der Waals surface area contributed by atoms with Gasteiger partial charge in [0.1, 0.15) is 5.75 Å². The molecular formula is C18H19F3N2O3. The Labute approximate surface area is 148 Å². The van der Waals surface area contributed by atoms with Gasteiger partial charge >= 0.3 is 12.3 Å². The number of nitrogens with zero attached hydrogens (tertiary/aromatic N) is 2. The van der Waals surface area contributed by atoms with Crippen molar-refractivity contribution >= 4 is 5.97 Å². The van der Waals surface area contributed by atoms with Gasteiger partial charge in [0.25, 0.3) is 0 Å². The van der Waals surface area contributed by atoms with E-state index in [4.69, 9.17) is 4.74 Å². The normalized spacial score (nSPS) is 15.2. The number of hydrogen-bond donors (Lipinski definition) is 0. The molecule has 3 rings (SSSR count). The third-order valence-corrected chi connectivity index (χ3v) is 4.28. The molecule has 1 aliphatic rings. The quantitative estimate of drug-likeness (QED) is 0.716. The number of aromatic nitrogens is 2. The first-order valence-electron chi connectivity index (χ1n) is 8.51. The van der Waals surface area contributed by atoms with Gasteiger partial charge in [0.15, 0.2) is 5.69 Å². The molecule has 0 unspecified atom stereocenters. The number of halogens is 3. The maximum absolute atomic E-state index is 12.8. The summed E-state index contributed by atoms with van der Waals surface area (Å²) < 4.78 is 49.0. The molecule has 1 aromatic heterocycles. The Balaban J connectivity index is 2.07. The summed E-state index contributed by atoms with van der Waals surface area (Å²) >= 11 is 0. The second kappa shape index (κ2) is 7.39. The molecule has 0 spiro atoms. The van der Waals surface area contributed by atoms with E-state index in [1.807, 2.05) is 0 Å². The number of carbonyl (C=O) groups is 1. The molecule has 0 radical (unpaired) electrons. The number of benzene rings is 1. The Kier molecular flexibility index (Phi) is 5.20. The lowest BCUT2D eigenvalue weighted by Crippen LogP contribution is -2.18. The summed E-state index contributed by atoms with van der Waals surface area (Å²) in [6, 6.07) is 7.36. The Morgan fingerprint density at radius 1 is 1.27 bits per heavy atom. The smallest absolute Gasteiger partial charge is 0.461 e. The number of ether oxygens (including phenoxy) is 2. The summed E-state index contributed by atoms with van der Waals surface area (Å²) in [4.78, 5) is 12.1. The number of esters is 1. The molecule has 0 atom stereocenters. The first-order chi connectivity index (χ1) is 12.4. The minimum Gasteiger partial charge on any atom is -0.461 e. The molecule has 1 aliphatic carbocycles. The molecule has 140 valence electrons. The van der Waals surface area contributed by atoms with Crippen molar-refractivity contribution in [3.05, 3.63) is 36.0 Å². The summed E-state index contributed by atoms with van der Waals surface area (Å²) in [5.41, 5.74) is 0.732. The van der Waals surface area contributed by atoms with E-state index in [1.54, 1.807) is 17.7 Å². The molecule has 26 heavy (non-hydrogen) atoms. The van der Waals surface area contributed by atoms with Gasteiger partial charge in [-0.2, -0.15) is 5.10 Å². The molecule has 1 heterocycles. The summed E-state index contributed by atoms with van der Waals surface area (Å²) in [6.07, 6.45) is -1.06. The van der Waals surface area contributed by atoms with Crippen LogP contribution in [0.25, 0.3) is 11.3 Å². The van der Waals surface area contributed by atoms with Crippen molar-refractivity contribution in [3.8, 4) is 17.0 Å². The van der Waals surface area contributed by atoms with Crippen LogP contribution in [0.1, 0.15) is 49.1 Å². The number of rotatable bonds is 5. The molecule has 2 aromatic rings. The van der Waals surface area contributed by atoms with Gasteiger partial charge < -0.3 is 9.47 Å². The maximum Gasteiger partial charge on any atom is 0.573 e. The molecule has 0 aliphatic heterocycles. The SMILES string of the molecule is CCOC(=O)c1cc(-c2ccccc2OC(F)(F)F)n(C2CCCC2)n1. The van der Waals surface area contributed by atoms with Gasteiger partial charge in [-0.1, -0.05) is 25.0 Å².